The summed E-state index contributed by atoms with van der Waals surface area (Å²) in [6, 6.07) is 11.9. The van der Waals surface area contributed by atoms with E-state index in [0.717, 1.165) is 10.6 Å². The molecule has 0 aliphatic carbocycles. The highest BCUT2D eigenvalue weighted by atomic mass is 19.4. The highest BCUT2D eigenvalue weighted by Crippen LogP contribution is 2.32. The number of nitrogens with one attached hydrogen (secondary N) is 1. The standard InChI is InChI=1S/C19H15F3N4O2/c20-19(21,22)15-8-7-13-16(24-9-4-10-27)14(11-23)18(28)26(17(13)25-15)12-5-2-1-3-6-12/h1-3,5-8,24,27H,4,9-10H2. The lowest BCUT2D eigenvalue weighted by Crippen LogP contribution is -2.25. The van der Waals surface area contributed by atoms with Crippen LogP contribution in [0, 0.1) is 11.3 Å². The number of fused-ring (bicyclic) bond motifs is 1. The number of aromatic nitrogens is 2. The molecule has 1 aromatic carbocycles. The minimum Gasteiger partial charge on any atom is -0.396 e. The number of hydrogen-bond donors (Lipinski definition) is 2. The highest BCUT2D eigenvalue weighted by Gasteiger charge is 2.33. The van der Waals surface area contributed by atoms with Gasteiger partial charge in [-0.25, -0.2) is 4.98 Å². The molecule has 0 saturated carbocycles. The molecule has 0 saturated heterocycles. The van der Waals surface area contributed by atoms with Gasteiger partial charge in [0.2, 0.25) is 0 Å². The van der Waals surface area contributed by atoms with E-state index in [-0.39, 0.29) is 35.4 Å². The summed E-state index contributed by atoms with van der Waals surface area (Å²) < 4.78 is 40.6. The number of pyridine rings is 2. The third-order valence-electron chi connectivity index (χ3n) is 4.08. The molecule has 2 aromatic heterocycles. The fraction of sp³-hybridized carbons (Fsp3) is 0.211. The molecule has 9 heteroatoms. The van der Waals surface area contributed by atoms with E-state index in [1.54, 1.807) is 30.3 Å². The molecule has 2 heterocycles. The van der Waals surface area contributed by atoms with E-state index in [2.05, 4.69) is 10.3 Å². The number of aliphatic hydroxyl groups excluding tert-OH is 1. The van der Waals surface area contributed by atoms with Crippen LogP contribution in [-0.2, 0) is 6.18 Å². The van der Waals surface area contributed by atoms with E-state index >= 15 is 0 Å². The zero-order valence-corrected chi connectivity index (χ0v) is 14.5. The zero-order chi connectivity index (χ0) is 20.3. The van der Waals surface area contributed by atoms with Gasteiger partial charge < -0.3 is 10.4 Å². The van der Waals surface area contributed by atoms with E-state index in [1.807, 2.05) is 6.07 Å². The predicted octanol–water partition coefficient (Wildman–Crippen LogP) is 3.07. The number of rotatable bonds is 5. The minimum absolute atomic E-state index is 0.101. The van der Waals surface area contributed by atoms with Gasteiger partial charge in [-0.3, -0.25) is 9.36 Å². The van der Waals surface area contributed by atoms with Crippen LogP contribution < -0.4 is 10.9 Å². The molecule has 0 aliphatic rings. The van der Waals surface area contributed by atoms with Crippen LogP contribution in [0.4, 0.5) is 18.9 Å². The van der Waals surface area contributed by atoms with Gasteiger partial charge >= 0.3 is 6.18 Å². The third-order valence-corrected chi connectivity index (χ3v) is 4.08. The van der Waals surface area contributed by atoms with E-state index in [9.17, 15) is 23.2 Å². The molecule has 3 rings (SSSR count). The SMILES string of the molecule is N#Cc1c(NCCCO)c2ccc(C(F)(F)F)nc2n(-c2ccccc2)c1=O. The Labute approximate surface area is 157 Å². The quantitative estimate of drug-likeness (QED) is 0.656. The molecule has 28 heavy (non-hydrogen) atoms. The number of alkyl halides is 3. The average Bonchev–Trinajstić information content (AvgIpc) is 2.67. The molecule has 0 atom stereocenters. The summed E-state index contributed by atoms with van der Waals surface area (Å²) in [5, 5.41) is 21.5. The van der Waals surface area contributed by atoms with Crippen molar-refractivity contribution in [3.63, 3.8) is 0 Å². The largest absolute Gasteiger partial charge is 0.433 e. The van der Waals surface area contributed by atoms with Crippen LogP contribution in [0.1, 0.15) is 17.7 Å². The van der Waals surface area contributed by atoms with Gasteiger partial charge in [-0.2, -0.15) is 18.4 Å². The first-order chi connectivity index (χ1) is 13.4. The first-order valence-corrected chi connectivity index (χ1v) is 8.35. The summed E-state index contributed by atoms with van der Waals surface area (Å²) in [4.78, 5) is 16.6. The van der Waals surface area contributed by atoms with Crippen LogP contribution in [0.25, 0.3) is 16.7 Å². The van der Waals surface area contributed by atoms with Crippen molar-refractivity contribution in [2.24, 2.45) is 0 Å². The van der Waals surface area contributed by atoms with Gasteiger partial charge in [-0.05, 0) is 30.7 Å². The van der Waals surface area contributed by atoms with Gasteiger partial charge in [0, 0.05) is 18.5 Å². The maximum Gasteiger partial charge on any atom is 0.433 e. The lowest BCUT2D eigenvalue weighted by Gasteiger charge is -2.17. The molecule has 0 amide bonds. The number of halogens is 3. The first-order valence-electron chi connectivity index (χ1n) is 8.35. The number of hydrogen-bond acceptors (Lipinski definition) is 5. The molecule has 3 aromatic rings. The van der Waals surface area contributed by atoms with Crippen LogP contribution in [-0.4, -0.2) is 27.8 Å². The number of benzene rings is 1. The highest BCUT2D eigenvalue weighted by molar-refractivity contribution is 5.93. The summed E-state index contributed by atoms with van der Waals surface area (Å²) in [5.74, 6) is 0. The van der Waals surface area contributed by atoms with Gasteiger partial charge in [0.15, 0.2) is 0 Å². The summed E-state index contributed by atoms with van der Waals surface area (Å²) in [6.45, 7) is 0.112. The number of para-hydroxylation sites is 1. The molecule has 2 N–H and O–H groups in total. The molecule has 144 valence electrons. The van der Waals surface area contributed by atoms with Crippen molar-refractivity contribution >= 4 is 16.7 Å². The fourth-order valence-corrected chi connectivity index (χ4v) is 2.82. The second-order valence-corrected chi connectivity index (χ2v) is 5.91. The van der Waals surface area contributed by atoms with Gasteiger partial charge in [0.1, 0.15) is 23.0 Å². The summed E-state index contributed by atoms with van der Waals surface area (Å²) in [6.07, 6.45) is -4.35. The van der Waals surface area contributed by atoms with Crippen molar-refractivity contribution < 1.29 is 18.3 Å². The number of anilines is 1. The van der Waals surface area contributed by atoms with Crippen molar-refractivity contribution in [3.8, 4) is 11.8 Å². The smallest absolute Gasteiger partial charge is 0.396 e. The Morgan fingerprint density at radius 1 is 1.18 bits per heavy atom. The molecular weight excluding hydrogens is 373 g/mol. The van der Waals surface area contributed by atoms with Crippen LogP contribution in [0.15, 0.2) is 47.3 Å². The van der Waals surface area contributed by atoms with Crippen molar-refractivity contribution in [2.45, 2.75) is 12.6 Å². The molecular formula is C19H15F3N4O2. The Hall–Kier alpha value is -3.38. The molecule has 0 aliphatic heterocycles. The maximum atomic E-state index is 13.2. The van der Waals surface area contributed by atoms with Crippen LogP contribution >= 0.6 is 0 Å². The van der Waals surface area contributed by atoms with Gasteiger partial charge in [-0.1, -0.05) is 18.2 Å². The van der Waals surface area contributed by atoms with Gasteiger partial charge in [-0.15, -0.1) is 0 Å². The Bertz CT molecular complexity index is 1100. The molecule has 0 fully saturated rings. The molecule has 0 radical (unpaired) electrons. The van der Waals surface area contributed by atoms with Crippen molar-refractivity contribution in [3.05, 3.63) is 64.1 Å². The number of aliphatic hydroxyl groups is 1. The predicted molar refractivity (Wildman–Crippen MR) is 97.2 cm³/mol. The topological polar surface area (TPSA) is 90.9 Å². The van der Waals surface area contributed by atoms with E-state index in [4.69, 9.17) is 5.11 Å². The monoisotopic (exact) mass is 388 g/mol. The van der Waals surface area contributed by atoms with E-state index in [0.29, 0.717) is 12.1 Å². The lowest BCUT2D eigenvalue weighted by molar-refractivity contribution is -0.141. The van der Waals surface area contributed by atoms with Crippen molar-refractivity contribution in [1.82, 2.24) is 9.55 Å². The normalized spacial score (nSPS) is 11.4. The first kappa shape index (κ1) is 19.4. The average molecular weight is 388 g/mol. The van der Waals surface area contributed by atoms with Crippen LogP contribution in [0.3, 0.4) is 0 Å². The summed E-state index contributed by atoms with van der Waals surface area (Å²) in [7, 11) is 0. The zero-order valence-electron chi connectivity index (χ0n) is 14.5. The second kappa shape index (κ2) is 7.70. The molecule has 0 spiro atoms. The Morgan fingerprint density at radius 3 is 2.50 bits per heavy atom. The number of nitrogens with zero attached hydrogens (tertiary/aromatic N) is 3. The Balaban J connectivity index is 2.40. The molecule has 0 bridgehead atoms. The van der Waals surface area contributed by atoms with Crippen molar-refractivity contribution in [1.29, 1.82) is 5.26 Å². The molecule has 0 unspecified atom stereocenters. The Morgan fingerprint density at radius 2 is 1.89 bits per heavy atom. The molecule has 6 nitrogen and oxygen atoms in total. The van der Waals surface area contributed by atoms with Crippen molar-refractivity contribution in [2.75, 3.05) is 18.5 Å². The van der Waals surface area contributed by atoms with Crippen LogP contribution in [0.5, 0.6) is 0 Å². The minimum atomic E-state index is -4.69. The van der Waals surface area contributed by atoms with E-state index < -0.39 is 17.4 Å². The van der Waals surface area contributed by atoms with E-state index in [1.165, 1.54) is 6.07 Å². The fourth-order valence-electron chi connectivity index (χ4n) is 2.82. The maximum absolute atomic E-state index is 13.2. The second-order valence-electron chi connectivity index (χ2n) is 5.91. The van der Waals surface area contributed by atoms with Gasteiger partial charge in [0.25, 0.3) is 5.56 Å². The van der Waals surface area contributed by atoms with Crippen LogP contribution in [0.2, 0.25) is 0 Å². The third kappa shape index (κ3) is 3.54. The number of nitriles is 1. The summed E-state index contributed by atoms with van der Waals surface area (Å²) >= 11 is 0. The summed E-state index contributed by atoms with van der Waals surface area (Å²) in [5.41, 5.74) is -1.98. The Kier molecular flexibility index (Phi) is 5.33. The lowest BCUT2D eigenvalue weighted by atomic mass is 10.1. The van der Waals surface area contributed by atoms with Gasteiger partial charge in [0.05, 0.1) is 11.4 Å².